The number of aromatic nitrogens is 2. The molecule has 1 atom stereocenters. The highest BCUT2D eigenvalue weighted by molar-refractivity contribution is 5.61. The SMILES string of the molecule is CC(O)COc1cccc(-c2ccnn2C)c1. The van der Waals surface area contributed by atoms with Crippen molar-refractivity contribution in [1.29, 1.82) is 0 Å². The van der Waals surface area contributed by atoms with Gasteiger partial charge in [0.05, 0.1) is 11.8 Å². The van der Waals surface area contributed by atoms with Crippen molar-refractivity contribution in [3.05, 3.63) is 36.5 Å². The number of benzene rings is 1. The molecule has 2 rings (SSSR count). The summed E-state index contributed by atoms with van der Waals surface area (Å²) in [4.78, 5) is 0. The Kier molecular flexibility index (Phi) is 3.44. The van der Waals surface area contributed by atoms with Crippen LogP contribution in [0.25, 0.3) is 11.3 Å². The summed E-state index contributed by atoms with van der Waals surface area (Å²) >= 11 is 0. The first kappa shape index (κ1) is 11.7. The maximum atomic E-state index is 9.17. The Morgan fingerprint density at radius 1 is 1.41 bits per heavy atom. The van der Waals surface area contributed by atoms with E-state index in [0.717, 1.165) is 17.0 Å². The molecule has 17 heavy (non-hydrogen) atoms. The molecule has 0 fully saturated rings. The topological polar surface area (TPSA) is 47.3 Å². The first-order valence-corrected chi connectivity index (χ1v) is 5.56. The monoisotopic (exact) mass is 232 g/mol. The molecule has 0 amide bonds. The summed E-state index contributed by atoms with van der Waals surface area (Å²) in [6.07, 6.45) is 1.30. The van der Waals surface area contributed by atoms with Crippen molar-refractivity contribution in [3.8, 4) is 17.0 Å². The van der Waals surface area contributed by atoms with Gasteiger partial charge in [0.1, 0.15) is 12.4 Å². The number of hydrogen-bond donors (Lipinski definition) is 1. The van der Waals surface area contributed by atoms with E-state index < -0.39 is 6.10 Å². The van der Waals surface area contributed by atoms with Gasteiger partial charge in [0, 0.05) is 18.8 Å². The van der Waals surface area contributed by atoms with Crippen LogP contribution in [0.3, 0.4) is 0 Å². The smallest absolute Gasteiger partial charge is 0.120 e. The van der Waals surface area contributed by atoms with Crippen LogP contribution in [0.1, 0.15) is 6.92 Å². The van der Waals surface area contributed by atoms with Crippen LogP contribution in [0.5, 0.6) is 5.75 Å². The Labute approximate surface area is 100 Å². The van der Waals surface area contributed by atoms with Crippen molar-refractivity contribution >= 4 is 0 Å². The van der Waals surface area contributed by atoms with E-state index in [-0.39, 0.29) is 0 Å². The van der Waals surface area contributed by atoms with Gasteiger partial charge in [0.15, 0.2) is 0 Å². The van der Waals surface area contributed by atoms with E-state index in [1.807, 2.05) is 42.1 Å². The number of aliphatic hydroxyl groups excluding tert-OH is 1. The van der Waals surface area contributed by atoms with Gasteiger partial charge < -0.3 is 9.84 Å². The van der Waals surface area contributed by atoms with Crippen LogP contribution in [0.4, 0.5) is 0 Å². The molecular weight excluding hydrogens is 216 g/mol. The number of ether oxygens (including phenoxy) is 1. The summed E-state index contributed by atoms with van der Waals surface area (Å²) < 4.78 is 7.28. The van der Waals surface area contributed by atoms with Crippen molar-refractivity contribution in [2.45, 2.75) is 13.0 Å². The second-order valence-corrected chi connectivity index (χ2v) is 4.03. The molecule has 0 spiro atoms. The van der Waals surface area contributed by atoms with E-state index >= 15 is 0 Å². The molecule has 1 aromatic carbocycles. The van der Waals surface area contributed by atoms with Crippen LogP contribution in [0.2, 0.25) is 0 Å². The van der Waals surface area contributed by atoms with E-state index in [1.54, 1.807) is 13.1 Å². The zero-order chi connectivity index (χ0) is 12.3. The lowest BCUT2D eigenvalue weighted by atomic mass is 10.1. The highest BCUT2D eigenvalue weighted by atomic mass is 16.5. The summed E-state index contributed by atoms with van der Waals surface area (Å²) in [5.74, 6) is 0.754. The Morgan fingerprint density at radius 2 is 2.24 bits per heavy atom. The predicted molar refractivity (Wildman–Crippen MR) is 65.8 cm³/mol. The standard InChI is InChI=1S/C13H16N2O2/c1-10(16)9-17-12-5-3-4-11(8-12)13-6-7-14-15(13)2/h3-8,10,16H,9H2,1-2H3. The van der Waals surface area contributed by atoms with Gasteiger partial charge in [-0.25, -0.2) is 0 Å². The molecule has 4 heteroatoms. The number of nitrogens with zero attached hydrogens (tertiary/aromatic N) is 2. The van der Waals surface area contributed by atoms with E-state index in [2.05, 4.69) is 5.10 Å². The first-order chi connectivity index (χ1) is 8.16. The van der Waals surface area contributed by atoms with Crippen LogP contribution >= 0.6 is 0 Å². The van der Waals surface area contributed by atoms with Crippen LogP contribution in [-0.4, -0.2) is 27.6 Å². The minimum Gasteiger partial charge on any atom is -0.491 e. The molecule has 1 unspecified atom stereocenters. The molecule has 0 aliphatic carbocycles. The quantitative estimate of drug-likeness (QED) is 0.875. The van der Waals surface area contributed by atoms with Crippen molar-refractivity contribution in [1.82, 2.24) is 9.78 Å². The Bertz CT molecular complexity index is 492. The molecule has 0 aliphatic rings. The second kappa shape index (κ2) is 5.01. The summed E-state index contributed by atoms with van der Waals surface area (Å²) in [5.41, 5.74) is 2.08. The van der Waals surface area contributed by atoms with Crippen molar-refractivity contribution in [2.24, 2.45) is 7.05 Å². The highest BCUT2D eigenvalue weighted by Gasteiger charge is 2.04. The van der Waals surface area contributed by atoms with E-state index in [0.29, 0.717) is 6.61 Å². The molecule has 4 nitrogen and oxygen atoms in total. The first-order valence-electron chi connectivity index (χ1n) is 5.56. The predicted octanol–water partition coefficient (Wildman–Crippen LogP) is 1.85. The Balaban J connectivity index is 2.20. The highest BCUT2D eigenvalue weighted by Crippen LogP contribution is 2.23. The third-order valence-corrected chi connectivity index (χ3v) is 2.44. The van der Waals surface area contributed by atoms with E-state index in [4.69, 9.17) is 4.74 Å². The Hall–Kier alpha value is -1.81. The van der Waals surface area contributed by atoms with Gasteiger partial charge in [0.25, 0.3) is 0 Å². The average molecular weight is 232 g/mol. The summed E-state index contributed by atoms with van der Waals surface area (Å²) in [5, 5.41) is 13.3. The molecule has 2 aromatic rings. The minimum atomic E-state index is -0.463. The van der Waals surface area contributed by atoms with Crippen molar-refractivity contribution in [3.63, 3.8) is 0 Å². The Morgan fingerprint density at radius 3 is 2.88 bits per heavy atom. The molecule has 0 saturated carbocycles. The minimum absolute atomic E-state index is 0.300. The maximum Gasteiger partial charge on any atom is 0.120 e. The lowest BCUT2D eigenvalue weighted by Crippen LogP contribution is -2.12. The van der Waals surface area contributed by atoms with Crippen LogP contribution in [-0.2, 0) is 7.05 Å². The van der Waals surface area contributed by atoms with Crippen LogP contribution in [0.15, 0.2) is 36.5 Å². The molecule has 90 valence electrons. The normalized spacial score (nSPS) is 12.4. The molecule has 0 radical (unpaired) electrons. The maximum absolute atomic E-state index is 9.17. The number of aryl methyl sites for hydroxylation is 1. The fourth-order valence-electron chi connectivity index (χ4n) is 1.62. The molecule has 1 aromatic heterocycles. The van der Waals surface area contributed by atoms with Gasteiger partial charge in [-0.3, -0.25) is 4.68 Å². The fourth-order valence-corrected chi connectivity index (χ4v) is 1.62. The lowest BCUT2D eigenvalue weighted by molar-refractivity contribution is 0.123. The molecule has 1 heterocycles. The molecule has 0 saturated heterocycles. The number of rotatable bonds is 4. The molecular formula is C13H16N2O2. The fraction of sp³-hybridized carbons (Fsp3) is 0.308. The zero-order valence-corrected chi connectivity index (χ0v) is 10.00. The largest absolute Gasteiger partial charge is 0.491 e. The van der Waals surface area contributed by atoms with Gasteiger partial charge in [-0.05, 0) is 25.1 Å². The van der Waals surface area contributed by atoms with Gasteiger partial charge in [-0.2, -0.15) is 5.10 Å². The van der Waals surface area contributed by atoms with Gasteiger partial charge in [-0.15, -0.1) is 0 Å². The number of aliphatic hydroxyl groups is 1. The van der Waals surface area contributed by atoms with Gasteiger partial charge in [0.2, 0.25) is 0 Å². The van der Waals surface area contributed by atoms with Crippen molar-refractivity contribution in [2.75, 3.05) is 6.61 Å². The molecule has 0 aliphatic heterocycles. The van der Waals surface area contributed by atoms with Gasteiger partial charge >= 0.3 is 0 Å². The zero-order valence-electron chi connectivity index (χ0n) is 10.00. The number of hydrogen-bond acceptors (Lipinski definition) is 3. The molecule has 1 N–H and O–H groups in total. The van der Waals surface area contributed by atoms with E-state index in [9.17, 15) is 5.11 Å². The second-order valence-electron chi connectivity index (χ2n) is 4.03. The van der Waals surface area contributed by atoms with E-state index in [1.165, 1.54) is 0 Å². The van der Waals surface area contributed by atoms with Crippen LogP contribution < -0.4 is 4.74 Å². The van der Waals surface area contributed by atoms with Crippen LogP contribution in [0, 0.1) is 0 Å². The summed E-state index contributed by atoms with van der Waals surface area (Å²) in [6.45, 7) is 2.00. The third-order valence-electron chi connectivity index (χ3n) is 2.44. The lowest BCUT2D eigenvalue weighted by Gasteiger charge is -2.09. The third kappa shape index (κ3) is 2.85. The average Bonchev–Trinajstić information content (AvgIpc) is 2.73. The summed E-state index contributed by atoms with van der Waals surface area (Å²) in [7, 11) is 1.90. The van der Waals surface area contributed by atoms with Crippen molar-refractivity contribution < 1.29 is 9.84 Å². The molecule has 0 bridgehead atoms. The summed E-state index contributed by atoms with van der Waals surface area (Å²) in [6, 6.07) is 9.71. The van der Waals surface area contributed by atoms with Gasteiger partial charge in [-0.1, -0.05) is 12.1 Å².